The number of nitrogens with one attached hydrogen (secondary N) is 2. The molecule has 1 amide bonds. The molecule has 0 unspecified atom stereocenters. The average Bonchev–Trinajstić information content (AvgIpc) is 3.12. The second-order valence-electron chi connectivity index (χ2n) is 7.16. The van der Waals surface area contributed by atoms with Crippen LogP contribution < -0.4 is 16.2 Å². The number of fused-ring (bicyclic) bond motifs is 1. The van der Waals surface area contributed by atoms with Gasteiger partial charge in [0.25, 0.3) is 0 Å². The first-order chi connectivity index (χ1) is 14.8. The molecular formula is C22H21N5O3S. The van der Waals surface area contributed by atoms with E-state index >= 15 is 0 Å². The van der Waals surface area contributed by atoms with Gasteiger partial charge >= 0.3 is 0 Å². The van der Waals surface area contributed by atoms with Crippen LogP contribution in [0.15, 0.2) is 71.6 Å². The van der Waals surface area contributed by atoms with Crippen molar-refractivity contribution in [2.45, 2.75) is 17.7 Å². The van der Waals surface area contributed by atoms with E-state index in [2.05, 4.69) is 15.5 Å². The number of primary sulfonamides is 1. The van der Waals surface area contributed by atoms with Gasteiger partial charge in [0.05, 0.1) is 10.4 Å². The highest BCUT2D eigenvalue weighted by molar-refractivity contribution is 7.89. The van der Waals surface area contributed by atoms with Crippen molar-refractivity contribution < 1.29 is 13.2 Å². The lowest BCUT2D eigenvalue weighted by Crippen LogP contribution is -2.13. The zero-order valence-corrected chi connectivity index (χ0v) is 17.3. The molecule has 0 aliphatic heterocycles. The Kier molecular flexibility index (Phi) is 5.45. The number of nitrogens with zero attached hydrogens (tertiary/aromatic N) is 1. The Balaban J connectivity index is 1.42. The number of amides is 1. The van der Waals surface area contributed by atoms with E-state index in [0.717, 1.165) is 16.5 Å². The van der Waals surface area contributed by atoms with Crippen molar-refractivity contribution in [1.82, 2.24) is 10.2 Å². The molecule has 1 heterocycles. The van der Waals surface area contributed by atoms with Gasteiger partial charge in [-0.15, -0.1) is 0 Å². The molecule has 0 spiro atoms. The van der Waals surface area contributed by atoms with E-state index in [9.17, 15) is 13.2 Å². The molecule has 6 N–H and O–H groups in total. The maximum Gasteiger partial charge on any atom is 0.238 e. The fourth-order valence-electron chi connectivity index (χ4n) is 3.40. The summed E-state index contributed by atoms with van der Waals surface area (Å²) in [4.78, 5) is 12.4. The Morgan fingerprint density at radius 1 is 1.03 bits per heavy atom. The second-order valence-corrected chi connectivity index (χ2v) is 8.69. The molecule has 4 rings (SSSR count). The summed E-state index contributed by atoms with van der Waals surface area (Å²) in [6.45, 7) is 0. The third kappa shape index (κ3) is 4.57. The number of anilines is 2. The molecule has 0 aliphatic rings. The molecule has 9 heteroatoms. The summed E-state index contributed by atoms with van der Waals surface area (Å²) in [5, 5.41) is 15.8. The topological polar surface area (TPSA) is 144 Å². The summed E-state index contributed by atoms with van der Waals surface area (Å²) in [5.41, 5.74) is 9.50. The Bertz CT molecular complexity index is 1360. The number of carbonyl (C=O) groups is 1. The molecule has 0 radical (unpaired) electrons. The van der Waals surface area contributed by atoms with Crippen LogP contribution in [0.25, 0.3) is 22.0 Å². The number of aromatic nitrogens is 2. The molecule has 8 nitrogen and oxygen atoms in total. The number of benzene rings is 3. The summed E-state index contributed by atoms with van der Waals surface area (Å²) in [6, 6.07) is 19.2. The Morgan fingerprint density at radius 3 is 2.52 bits per heavy atom. The van der Waals surface area contributed by atoms with Gasteiger partial charge in [-0.05, 0) is 47.9 Å². The van der Waals surface area contributed by atoms with Crippen LogP contribution in [0.4, 0.5) is 11.5 Å². The van der Waals surface area contributed by atoms with Crippen molar-refractivity contribution in [3.63, 3.8) is 0 Å². The van der Waals surface area contributed by atoms with Crippen LogP contribution in [0.2, 0.25) is 0 Å². The minimum atomic E-state index is -3.84. The standard InChI is InChI=1S/C22H21N5O3S/c23-22-18-13-14(5-11-19(18)26-27-22)6-12-21(28)25-16-9-7-15(8-10-16)17-3-1-2-4-20(17)31(24,29)30/h1-5,7-11,13H,6,12H2,(H,25,28)(H3,23,26,27)(H2,24,29,30). The van der Waals surface area contributed by atoms with E-state index in [0.29, 0.717) is 35.5 Å². The van der Waals surface area contributed by atoms with E-state index in [1.807, 2.05) is 18.2 Å². The van der Waals surface area contributed by atoms with E-state index in [1.165, 1.54) is 6.07 Å². The number of sulfonamides is 1. The van der Waals surface area contributed by atoms with Gasteiger partial charge in [0.15, 0.2) is 5.82 Å². The van der Waals surface area contributed by atoms with Crippen molar-refractivity contribution in [3.8, 4) is 11.1 Å². The Morgan fingerprint density at radius 2 is 1.77 bits per heavy atom. The lowest BCUT2D eigenvalue weighted by atomic mass is 10.1. The molecule has 1 aromatic heterocycles. The highest BCUT2D eigenvalue weighted by Gasteiger charge is 2.14. The van der Waals surface area contributed by atoms with E-state index < -0.39 is 10.0 Å². The number of nitrogen functional groups attached to an aromatic ring is 1. The number of aromatic amines is 1. The number of nitrogens with two attached hydrogens (primary N) is 2. The zero-order chi connectivity index (χ0) is 22.0. The molecule has 0 aliphatic carbocycles. The number of rotatable bonds is 6. The predicted octanol–water partition coefficient (Wildman–Crippen LogP) is 3.03. The number of hydrogen-bond acceptors (Lipinski definition) is 5. The number of hydrogen-bond donors (Lipinski definition) is 4. The molecule has 158 valence electrons. The molecule has 0 fully saturated rings. The van der Waals surface area contributed by atoms with Crippen molar-refractivity contribution >= 4 is 38.3 Å². The van der Waals surface area contributed by atoms with Crippen molar-refractivity contribution in [1.29, 1.82) is 0 Å². The minimum absolute atomic E-state index is 0.0574. The van der Waals surface area contributed by atoms with E-state index in [4.69, 9.17) is 10.9 Å². The smallest absolute Gasteiger partial charge is 0.238 e. The van der Waals surface area contributed by atoms with Gasteiger partial charge < -0.3 is 11.1 Å². The van der Waals surface area contributed by atoms with Crippen LogP contribution in [0.5, 0.6) is 0 Å². The highest BCUT2D eigenvalue weighted by Crippen LogP contribution is 2.27. The van der Waals surface area contributed by atoms with Gasteiger partial charge in [-0.2, -0.15) is 5.10 Å². The van der Waals surface area contributed by atoms with Crippen molar-refractivity contribution in [2.24, 2.45) is 5.14 Å². The molecular weight excluding hydrogens is 414 g/mol. The lowest BCUT2D eigenvalue weighted by Gasteiger charge is -2.10. The van der Waals surface area contributed by atoms with Gasteiger partial charge in [-0.3, -0.25) is 9.89 Å². The molecule has 4 aromatic rings. The summed E-state index contributed by atoms with van der Waals surface area (Å²) in [6.07, 6.45) is 0.867. The van der Waals surface area contributed by atoms with Gasteiger partial charge in [0.2, 0.25) is 15.9 Å². The van der Waals surface area contributed by atoms with E-state index in [1.54, 1.807) is 42.5 Å². The van der Waals surface area contributed by atoms with Gasteiger partial charge in [0, 0.05) is 23.1 Å². The summed E-state index contributed by atoms with van der Waals surface area (Å²) < 4.78 is 23.6. The van der Waals surface area contributed by atoms with Gasteiger partial charge in [-0.25, -0.2) is 13.6 Å². The molecule has 0 saturated heterocycles. The Hall–Kier alpha value is -3.69. The summed E-state index contributed by atoms with van der Waals surface area (Å²) in [5.74, 6) is 0.309. The van der Waals surface area contributed by atoms with Crippen LogP contribution in [0, 0.1) is 0 Å². The zero-order valence-electron chi connectivity index (χ0n) is 16.5. The number of aryl methyl sites for hydroxylation is 1. The van der Waals surface area contributed by atoms with Crippen LogP contribution in [-0.2, 0) is 21.2 Å². The van der Waals surface area contributed by atoms with Crippen LogP contribution in [0.1, 0.15) is 12.0 Å². The van der Waals surface area contributed by atoms with Crippen molar-refractivity contribution in [3.05, 3.63) is 72.3 Å². The van der Waals surface area contributed by atoms with Crippen LogP contribution in [-0.4, -0.2) is 24.5 Å². The normalized spacial score (nSPS) is 11.5. The highest BCUT2D eigenvalue weighted by atomic mass is 32.2. The minimum Gasteiger partial charge on any atom is -0.382 e. The number of carbonyl (C=O) groups excluding carboxylic acids is 1. The van der Waals surface area contributed by atoms with Crippen LogP contribution in [0.3, 0.4) is 0 Å². The van der Waals surface area contributed by atoms with Gasteiger partial charge in [0.1, 0.15) is 0 Å². The fourth-order valence-corrected chi connectivity index (χ4v) is 4.17. The monoisotopic (exact) mass is 435 g/mol. The molecule has 0 saturated carbocycles. The largest absolute Gasteiger partial charge is 0.382 e. The maximum absolute atomic E-state index is 12.4. The number of H-pyrrole nitrogens is 1. The first kappa shape index (κ1) is 20.6. The average molecular weight is 436 g/mol. The predicted molar refractivity (Wildman–Crippen MR) is 121 cm³/mol. The molecule has 31 heavy (non-hydrogen) atoms. The van der Waals surface area contributed by atoms with Crippen molar-refractivity contribution in [2.75, 3.05) is 11.1 Å². The second kappa shape index (κ2) is 8.21. The Labute approximate surface area is 179 Å². The summed E-state index contributed by atoms with van der Waals surface area (Å²) in [7, 11) is -3.84. The molecule has 0 atom stereocenters. The first-order valence-electron chi connectivity index (χ1n) is 9.56. The maximum atomic E-state index is 12.4. The third-order valence-electron chi connectivity index (χ3n) is 4.97. The lowest BCUT2D eigenvalue weighted by molar-refractivity contribution is -0.116. The summed E-state index contributed by atoms with van der Waals surface area (Å²) >= 11 is 0. The molecule has 3 aromatic carbocycles. The third-order valence-corrected chi connectivity index (χ3v) is 5.94. The first-order valence-corrected chi connectivity index (χ1v) is 11.1. The van der Waals surface area contributed by atoms with E-state index in [-0.39, 0.29) is 10.8 Å². The van der Waals surface area contributed by atoms with Gasteiger partial charge in [-0.1, -0.05) is 36.4 Å². The molecule has 0 bridgehead atoms. The van der Waals surface area contributed by atoms with Crippen LogP contribution >= 0.6 is 0 Å². The quantitative estimate of drug-likeness (QED) is 0.368. The fraction of sp³-hybridized carbons (Fsp3) is 0.0909. The SMILES string of the molecule is Nc1n[nH]c2ccc(CCC(=O)Nc3ccc(-c4ccccc4S(N)(=O)=O)cc3)cc12.